The van der Waals surface area contributed by atoms with Crippen LogP contribution >= 0.6 is 15.9 Å². The highest BCUT2D eigenvalue weighted by Gasteiger charge is 2.32. The van der Waals surface area contributed by atoms with E-state index in [4.69, 9.17) is 4.52 Å². The summed E-state index contributed by atoms with van der Waals surface area (Å²) >= 11 is 3.47. The van der Waals surface area contributed by atoms with Gasteiger partial charge in [0.15, 0.2) is 0 Å². The van der Waals surface area contributed by atoms with E-state index in [1.54, 1.807) is 6.20 Å². The van der Waals surface area contributed by atoms with Crippen molar-refractivity contribution in [2.45, 2.75) is 38.1 Å². The number of pyridine rings is 1. The van der Waals surface area contributed by atoms with Gasteiger partial charge in [-0.15, -0.1) is 0 Å². The number of nitrogens with zero attached hydrogens (tertiary/aromatic N) is 3. The fraction of sp³-hybridized carbons (Fsp3) is 0.500. The molecule has 0 saturated heterocycles. The van der Waals surface area contributed by atoms with E-state index in [1.165, 1.54) is 12.8 Å². The van der Waals surface area contributed by atoms with E-state index >= 15 is 0 Å². The van der Waals surface area contributed by atoms with Crippen molar-refractivity contribution >= 4 is 15.9 Å². The van der Waals surface area contributed by atoms with Crippen molar-refractivity contribution in [1.82, 2.24) is 20.4 Å². The fourth-order valence-corrected chi connectivity index (χ4v) is 3.23. The summed E-state index contributed by atoms with van der Waals surface area (Å²) in [4.78, 5) is 8.84. The molecule has 2 heterocycles. The maximum Gasteiger partial charge on any atom is 0.231 e. The number of aromatic nitrogens is 3. The van der Waals surface area contributed by atoms with Crippen molar-refractivity contribution in [2.24, 2.45) is 0 Å². The molecule has 106 valence electrons. The maximum atomic E-state index is 5.47. The number of rotatable bonds is 4. The summed E-state index contributed by atoms with van der Waals surface area (Å²) in [6.45, 7) is 3.09. The number of halogens is 1. The zero-order valence-corrected chi connectivity index (χ0v) is 12.9. The number of hydrogen-bond acceptors (Lipinski definition) is 5. The molecular formula is C14H17BrN4O. The molecule has 1 fully saturated rings. The Labute approximate surface area is 126 Å². The van der Waals surface area contributed by atoms with Gasteiger partial charge in [-0.05, 0) is 47.4 Å². The quantitative estimate of drug-likeness (QED) is 0.929. The van der Waals surface area contributed by atoms with Crippen LogP contribution in [0.4, 0.5) is 0 Å². The molecule has 0 amide bonds. The summed E-state index contributed by atoms with van der Waals surface area (Å²) in [7, 11) is 0. The molecule has 3 rings (SSSR count). The predicted molar refractivity (Wildman–Crippen MR) is 79.3 cm³/mol. The molecule has 2 atom stereocenters. The first kappa shape index (κ1) is 13.7. The predicted octanol–water partition coefficient (Wildman–Crippen LogP) is 3.14. The van der Waals surface area contributed by atoms with Crippen LogP contribution in [0.15, 0.2) is 27.3 Å². The fourth-order valence-electron chi connectivity index (χ4n) is 2.79. The summed E-state index contributed by atoms with van der Waals surface area (Å²) in [5, 5.41) is 7.58. The third kappa shape index (κ3) is 2.62. The summed E-state index contributed by atoms with van der Waals surface area (Å²) in [5.41, 5.74) is 0.723. The Hall–Kier alpha value is -1.27. The highest BCUT2D eigenvalue weighted by Crippen LogP contribution is 2.34. The smallest absolute Gasteiger partial charge is 0.231 e. The van der Waals surface area contributed by atoms with Crippen molar-refractivity contribution in [3.8, 4) is 11.5 Å². The van der Waals surface area contributed by atoms with Crippen LogP contribution in [0, 0.1) is 0 Å². The van der Waals surface area contributed by atoms with Gasteiger partial charge in [0.05, 0.1) is 5.92 Å². The largest absolute Gasteiger partial charge is 0.339 e. The Morgan fingerprint density at radius 3 is 3.15 bits per heavy atom. The van der Waals surface area contributed by atoms with E-state index in [2.05, 4.69) is 43.3 Å². The van der Waals surface area contributed by atoms with Crippen molar-refractivity contribution in [3.05, 3.63) is 28.7 Å². The maximum absolute atomic E-state index is 5.47. The zero-order valence-electron chi connectivity index (χ0n) is 11.3. The van der Waals surface area contributed by atoms with Gasteiger partial charge in [0, 0.05) is 16.7 Å². The van der Waals surface area contributed by atoms with Gasteiger partial charge in [-0.3, -0.25) is 4.98 Å². The van der Waals surface area contributed by atoms with Gasteiger partial charge in [0.2, 0.25) is 11.7 Å². The topological polar surface area (TPSA) is 63.8 Å². The Bertz CT molecular complexity index is 586. The van der Waals surface area contributed by atoms with Crippen molar-refractivity contribution in [1.29, 1.82) is 0 Å². The van der Waals surface area contributed by atoms with Gasteiger partial charge in [0.1, 0.15) is 5.69 Å². The molecule has 6 heteroatoms. The lowest BCUT2D eigenvalue weighted by atomic mass is 10.0. The van der Waals surface area contributed by atoms with Crippen LogP contribution < -0.4 is 5.32 Å². The first-order chi connectivity index (χ1) is 9.79. The second-order valence-electron chi connectivity index (χ2n) is 4.99. The lowest BCUT2D eigenvalue weighted by Gasteiger charge is -2.16. The molecule has 2 aromatic rings. The monoisotopic (exact) mass is 336 g/mol. The van der Waals surface area contributed by atoms with E-state index in [-0.39, 0.29) is 0 Å². The van der Waals surface area contributed by atoms with Crippen LogP contribution in [0.2, 0.25) is 0 Å². The van der Waals surface area contributed by atoms with E-state index in [9.17, 15) is 0 Å². The van der Waals surface area contributed by atoms with Crippen LogP contribution in [-0.2, 0) is 0 Å². The molecule has 0 bridgehead atoms. The summed E-state index contributed by atoms with van der Waals surface area (Å²) in [5.74, 6) is 1.59. The molecule has 2 unspecified atom stereocenters. The van der Waals surface area contributed by atoms with Crippen molar-refractivity contribution in [2.75, 3.05) is 6.54 Å². The number of likely N-dealkylation sites (N-methyl/N-ethyl adjacent to an activating group) is 1. The number of nitrogens with one attached hydrogen (secondary N) is 1. The van der Waals surface area contributed by atoms with Crippen LogP contribution in [0.3, 0.4) is 0 Å². The Morgan fingerprint density at radius 1 is 1.45 bits per heavy atom. The summed E-state index contributed by atoms with van der Waals surface area (Å²) in [6.07, 6.45) is 5.20. The molecule has 0 spiro atoms. The van der Waals surface area contributed by atoms with E-state index in [1.807, 2.05) is 12.1 Å². The van der Waals surface area contributed by atoms with E-state index in [0.717, 1.165) is 29.0 Å². The highest BCUT2D eigenvalue weighted by atomic mass is 79.9. The molecule has 2 aromatic heterocycles. The average molecular weight is 337 g/mol. The standard InChI is InChI=1S/C14H17BrN4O/c1-2-16-11-7-3-5-9(11)14-18-13(19-20-14)12-10(15)6-4-8-17-12/h4,6,8-9,11,16H,2-3,5,7H2,1H3. The molecule has 1 saturated carbocycles. The Kier molecular flexibility index (Phi) is 4.12. The lowest BCUT2D eigenvalue weighted by molar-refractivity contribution is 0.332. The molecule has 1 aliphatic carbocycles. The molecule has 0 aliphatic heterocycles. The van der Waals surface area contributed by atoms with Gasteiger partial charge in [-0.25, -0.2) is 0 Å². The first-order valence-corrected chi connectivity index (χ1v) is 7.76. The van der Waals surface area contributed by atoms with Crippen molar-refractivity contribution in [3.63, 3.8) is 0 Å². The highest BCUT2D eigenvalue weighted by molar-refractivity contribution is 9.10. The van der Waals surface area contributed by atoms with Gasteiger partial charge < -0.3 is 9.84 Å². The van der Waals surface area contributed by atoms with Gasteiger partial charge in [0.25, 0.3) is 0 Å². The first-order valence-electron chi connectivity index (χ1n) is 6.97. The Morgan fingerprint density at radius 2 is 2.35 bits per heavy atom. The minimum Gasteiger partial charge on any atom is -0.339 e. The molecule has 1 aliphatic rings. The van der Waals surface area contributed by atoms with Crippen LogP contribution in [0.25, 0.3) is 11.5 Å². The van der Waals surface area contributed by atoms with Crippen LogP contribution in [0.5, 0.6) is 0 Å². The molecule has 1 N–H and O–H groups in total. The van der Waals surface area contributed by atoms with Gasteiger partial charge in [-0.2, -0.15) is 4.98 Å². The second kappa shape index (κ2) is 6.01. The molecule has 0 radical (unpaired) electrons. The number of hydrogen-bond donors (Lipinski definition) is 1. The third-order valence-corrected chi connectivity index (χ3v) is 4.35. The molecule has 0 aromatic carbocycles. The minimum atomic E-state index is 0.318. The van der Waals surface area contributed by atoms with Crippen LogP contribution in [0.1, 0.15) is 38.0 Å². The van der Waals surface area contributed by atoms with Crippen LogP contribution in [-0.4, -0.2) is 27.7 Å². The minimum absolute atomic E-state index is 0.318. The average Bonchev–Trinajstić information content (AvgIpc) is 3.08. The van der Waals surface area contributed by atoms with Gasteiger partial charge in [-0.1, -0.05) is 18.5 Å². The second-order valence-corrected chi connectivity index (χ2v) is 5.85. The Balaban J connectivity index is 1.85. The molecule has 5 nitrogen and oxygen atoms in total. The summed E-state index contributed by atoms with van der Waals surface area (Å²) in [6, 6.07) is 4.24. The van der Waals surface area contributed by atoms with Gasteiger partial charge >= 0.3 is 0 Å². The summed E-state index contributed by atoms with van der Waals surface area (Å²) < 4.78 is 6.35. The third-order valence-electron chi connectivity index (χ3n) is 3.71. The molecular weight excluding hydrogens is 320 g/mol. The molecule has 20 heavy (non-hydrogen) atoms. The lowest BCUT2D eigenvalue weighted by Crippen LogP contribution is -2.31. The van der Waals surface area contributed by atoms with Crippen molar-refractivity contribution < 1.29 is 4.52 Å². The zero-order chi connectivity index (χ0) is 13.9. The van der Waals surface area contributed by atoms with E-state index < -0.39 is 0 Å². The SMILES string of the molecule is CCNC1CCCC1c1nc(-c2ncccc2Br)no1. The van der Waals surface area contributed by atoms with E-state index in [0.29, 0.717) is 17.8 Å². The normalized spacial score (nSPS) is 22.3.